The summed E-state index contributed by atoms with van der Waals surface area (Å²) in [6, 6.07) is 2.92. The Labute approximate surface area is 102 Å². The Kier molecular flexibility index (Phi) is 7.14. The van der Waals surface area contributed by atoms with Crippen molar-refractivity contribution in [2.75, 3.05) is 18.6 Å². The summed E-state index contributed by atoms with van der Waals surface area (Å²) in [5, 5.41) is 8.04. The summed E-state index contributed by atoms with van der Waals surface area (Å²) in [6.07, 6.45) is 5.89. The lowest BCUT2D eigenvalue weighted by atomic mass is 10.1. The number of hydrogen-bond acceptors (Lipinski definition) is 3. The summed E-state index contributed by atoms with van der Waals surface area (Å²) in [5.41, 5.74) is 1.49. The summed E-state index contributed by atoms with van der Waals surface area (Å²) < 4.78 is 0. The summed E-state index contributed by atoms with van der Waals surface area (Å²) >= 11 is 3.73. The van der Waals surface area contributed by atoms with Crippen molar-refractivity contribution in [3.05, 3.63) is 22.4 Å². The number of aryl methyl sites for hydroxylation is 1. The van der Waals surface area contributed by atoms with Gasteiger partial charge in [0, 0.05) is 11.8 Å². The van der Waals surface area contributed by atoms with Gasteiger partial charge in [-0.15, -0.1) is 0 Å². The van der Waals surface area contributed by atoms with E-state index in [1.807, 2.05) is 11.8 Å². The highest BCUT2D eigenvalue weighted by molar-refractivity contribution is 7.98. The molecule has 1 nitrogen and oxygen atoms in total. The van der Waals surface area contributed by atoms with E-state index in [1.165, 1.54) is 30.6 Å². The maximum Gasteiger partial charge on any atom is 0.0161 e. The molecule has 0 aliphatic carbocycles. The van der Waals surface area contributed by atoms with E-state index >= 15 is 0 Å². The minimum Gasteiger partial charge on any atom is -0.313 e. The number of hydrogen-bond donors (Lipinski definition) is 1. The predicted octanol–water partition coefficient (Wildman–Crippen LogP) is 3.41. The Hall–Kier alpha value is 0.01000. The normalized spacial score (nSPS) is 12.9. The van der Waals surface area contributed by atoms with Gasteiger partial charge in [0.1, 0.15) is 0 Å². The SMILES string of the molecule is CCCNC(CCc1ccsc1)CSC. The second-order valence-electron chi connectivity index (χ2n) is 3.78. The van der Waals surface area contributed by atoms with Crippen molar-refractivity contribution < 1.29 is 0 Å². The highest BCUT2D eigenvalue weighted by Crippen LogP contribution is 2.11. The van der Waals surface area contributed by atoms with Crippen LogP contribution in [0.5, 0.6) is 0 Å². The van der Waals surface area contributed by atoms with Gasteiger partial charge in [-0.2, -0.15) is 23.1 Å². The molecule has 1 atom stereocenters. The van der Waals surface area contributed by atoms with Crippen LogP contribution in [0.25, 0.3) is 0 Å². The summed E-state index contributed by atoms with van der Waals surface area (Å²) in [5.74, 6) is 1.23. The third-order valence-electron chi connectivity index (χ3n) is 2.41. The van der Waals surface area contributed by atoms with Crippen LogP contribution >= 0.6 is 23.1 Å². The van der Waals surface area contributed by atoms with E-state index in [-0.39, 0.29) is 0 Å². The molecule has 0 aliphatic heterocycles. The van der Waals surface area contributed by atoms with E-state index in [2.05, 4.69) is 35.3 Å². The van der Waals surface area contributed by atoms with E-state index in [0.717, 1.165) is 6.54 Å². The van der Waals surface area contributed by atoms with Crippen molar-refractivity contribution in [1.29, 1.82) is 0 Å². The third kappa shape index (κ3) is 5.59. The molecule has 0 radical (unpaired) electrons. The molecule has 3 heteroatoms. The van der Waals surface area contributed by atoms with Gasteiger partial charge in [0.2, 0.25) is 0 Å². The average molecular weight is 243 g/mol. The van der Waals surface area contributed by atoms with Crippen LogP contribution < -0.4 is 5.32 Å². The van der Waals surface area contributed by atoms with E-state index in [4.69, 9.17) is 0 Å². The van der Waals surface area contributed by atoms with Crippen molar-refractivity contribution in [3.63, 3.8) is 0 Å². The molecular formula is C12H21NS2. The van der Waals surface area contributed by atoms with Gasteiger partial charge in [-0.1, -0.05) is 6.92 Å². The van der Waals surface area contributed by atoms with Crippen LogP contribution in [0.3, 0.4) is 0 Å². The first-order valence-electron chi connectivity index (χ1n) is 5.60. The maximum atomic E-state index is 3.62. The Morgan fingerprint density at radius 2 is 2.40 bits per heavy atom. The maximum absolute atomic E-state index is 3.62. The van der Waals surface area contributed by atoms with E-state index < -0.39 is 0 Å². The van der Waals surface area contributed by atoms with E-state index in [9.17, 15) is 0 Å². The second-order valence-corrected chi connectivity index (χ2v) is 5.47. The third-order valence-corrected chi connectivity index (χ3v) is 3.88. The average Bonchev–Trinajstić information content (AvgIpc) is 2.75. The molecule has 1 N–H and O–H groups in total. The van der Waals surface area contributed by atoms with Crippen LogP contribution in [0.1, 0.15) is 25.3 Å². The van der Waals surface area contributed by atoms with Crippen molar-refractivity contribution in [3.8, 4) is 0 Å². The van der Waals surface area contributed by atoms with Gasteiger partial charge in [-0.3, -0.25) is 0 Å². The molecular weight excluding hydrogens is 222 g/mol. The molecule has 1 heterocycles. The van der Waals surface area contributed by atoms with Crippen LogP contribution in [0, 0.1) is 0 Å². The zero-order valence-corrected chi connectivity index (χ0v) is 11.3. The minimum atomic E-state index is 0.680. The molecule has 0 spiro atoms. The zero-order chi connectivity index (χ0) is 10.9. The first-order valence-corrected chi connectivity index (χ1v) is 7.94. The van der Waals surface area contributed by atoms with Crippen molar-refractivity contribution in [2.24, 2.45) is 0 Å². The monoisotopic (exact) mass is 243 g/mol. The van der Waals surface area contributed by atoms with Crippen LogP contribution in [-0.4, -0.2) is 24.6 Å². The smallest absolute Gasteiger partial charge is 0.0161 e. The lowest BCUT2D eigenvalue weighted by molar-refractivity contribution is 0.520. The molecule has 0 bridgehead atoms. The molecule has 0 saturated carbocycles. The summed E-state index contributed by atoms with van der Waals surface area (Å²) in [7, 11) is 0. The number of thioether (sulfide) groups is 1. The van der Waals surface area contributed by atoms with Crippen LogP contribution in [0.15, 0.2) is 16.8 Å². The number of thiophene rings is 1. The van der Waals surface area contributed by atoms with Crippen LogP contribution in [-0.2, 0) is 6.42 Å². The second kappa shape index (κ2) is 8.20. The summed E-state index contributed by atoms with van der Waals surface area (Å²) in [6.45, 7) is 3.37. The molecule has 86 valence electrons. The van der Waals surface area contributed by atoms with Gasteiger partial charge in [0.25, 0.3) is 0 Å². The molecule has 1 aromatic rings. The molecule has 1 unspecified atom stereocenters. The van der Waals surface area contributed by atoms with E-state index in [1.54, 1.807) is 11.3 Å². The van der Waals surface area contributed by atoms with Gasteiger partial charge in [0.15, 0.2) is 0 Å². The van der Waals surface area contributed by atoms with Crippen molar-refractivity contribution in [2.45, 2.75) is 32.2 Å². The van der Waals surface area contributed by atoms with Crippen LogP contribution in [0.2, 0.25) is 0 Å². The summed E-state index contributed by atoms with van der Waals surface area (Å²) in [4.78, 5) is 0. The van der Waals surface area contributed by atoms with E-state index in [0.29, 0.717) is 6.04 Å². The molecule has 1 rings (SSSR count). The molecule has 0 saturated heterocycles. The Bertz CT molecular complexity index is 234. The highest BCUT2D eigenvalue weighted by Gasteiger charge is 2.06. The zero-order valence-electron chi connectivity index (χ0n) is 9.66. The first-order chi connectivity index (χ1) is 7.36. The van der Waals surface area contributed by atoms with Gasteiger partial charge in [-0.05, 0) is 54.5 Å². The van der Waals surface area contributed by atoms with Gasteiger partial charge in [0.05, 0.1) is 0 Å². The van der Waals surface area contributed by atoms with Crippen molar-refractivity contribution in [1.82, 2.24) is 5.32 Å². The van der Waals surface area contributed by atoms with Gasteiger partial charge >= 0.3 is 0 Å². The fourth-order valence-corrected chi connectivity index (χ4v) is 2.96. The molecule has 0 aromatic carbocycles. The van der Waals surface area contributed by atoms with Crippen LogP contribution in [0.4, 0.5) is 0 Å². The van der Waals surface area contributed by atoms with Gasteiger partial charge in [-0.25, -0.2) is 0 Å². The molecule has 0 fully saturated rings. The lowest BCUT2D eigenvalue weighted by Crippen LogP contribution is -2.32. The standard InChI is InChI=1S/C12H21NS2/c1-3-7-13-12(10-14-2)5-4-11-6-8-15-9-11/h6,8-9,12-13H,3-5,7,10H2,1-2H3. The molecule has 1 aromatic heterocycles. The fraction of sp³-hybridized carbons (Fsp3) is 0.667. The Morgan fingerprint density at radius 1 is 1.53 bits per heavy atom. The quantitative estimate of drug-likeness (QED) is 0.751. The van der Waals surface area contributed by atoms with Crippen molar-refractivity contribution >= 4 is 23.1 Å². The number of nitrogens with one attached hydrogen (secondary N) is 1. The Balaban J connectivity index is 2.24. The lowest BCUT2D eigenvalue weighted by Gasteiger charge is -2.16. The predicted molar refractivity (Wildman–Crippen MR) is 73.1 cm³/mol. The highest BCUT2D eigenvalue weighted by atomic mass is 32.2. The number of rotatable bonds is 8. The van der Waals surface area contributed by atoms with Gasteiger partial charge < -0.3 is 5.32 Å². The Morgan fingerprint density at radius 3 is 3.00 bits per heavy atom. The molecule has 0 amide bonds. The first kappa shape index (κ1) is 13.1. The largest absolute Gasteiger partial charge is 0.313 e. The molecule has 0 aliphatic rings. The molecule has 15 heavy (non-hydrogen) atoms. The fourth-order valence-electron chi connectivity index (χ4n) is 1.57. The topological polar surface area (TPSA) is 12.0 Å². The minimum absolute atomic E-state index is 0.680.